The number of phenols is 1. The maximum atomic E-state index is 14.4. The van der Waals surface area contributed by atoms with Crippen molar-refractivity contribution in [2.75, 3.05) is 39.7 Å². The fourth-order valence-electron chi connectivity index (χ4n) is 8.44. The monoisotopic (exact) mass is 1020 g/mol. The molecule has 0 spiro atoms. The number of methoxy groups -OCH3 is 3. The number of fused-ring (bicyclic) bond motifs is 3. The van der Waals surface area contributed by atoms with Crippen LogP contribution in [0.2, 0.25) is 5.02 Å². The van der Waals surface area contributed by atoms with Gasteiger partial charge in [0.25, 0.3) is 39.7 Å². The number of imide groups is 2. The molecule has 0 bridgehead atoms. The molecule has 366 valence electrons. The molecule has 0 unspecified atom stereocenters. The first kappa shape index (κ1) is 49.7. The maximum absolute atomic E-state index is 14.4. The van der Waals surface area contributed by atoms with Gasteiger partial charge in [0, 0.05) is 24.5 Å². The van der Waals surface area contributed by atoms with Crippen LogP contribution in [0.15, 0.2) is 111 Å². The van der Waals surface area contributed by atoms with Gasteiger partial charge in [-0.2, -0.15) is 12.7 Å². The summed E-state index contributed by atoms with van der Waals surface area (Å²) in [4.78, 5) is 70.2. The van der Waals surface area contributed by atoms with Gasteiger partial charge in [-0.15, -0.1) is 10.2 Å². The predicted octanol–water partition coefficient (Wildman–Crippen LogP) is 7.76. The molecule has 2 heterocycles. The molecule has 0 aliphatic carbocycles. The first-order valence-electron chi connectivity index (χ1n) is 21.3. The van der Waals surface area contributed by atoms with E-state index in [4.69, 9.17) is 25.8 Å². The summed E-state index contributed by atoms with van der Waals surface area (Å²) in [5.41, 5.74) is -2.40. The van der Waals surface area contributed by atoms with Crippen molar-refractivity contribution in [1.82, 2.24) is 14.1 Å². The second-order valence-electron chi connectivity index (χ2n) is 15.8. The van der Waals surface area contributed by atoms with E-state index in [2.05, 4.69) is 15.5 Å². The van der Waals surface area contributed by atoms with Crippen molar-refractivity contribution >= 4 is 89.1 Å². The second kappa shape index (κ2) is 19.2. The zero-order valence-electron chi connectivity index (χ0n) is 38.2. The number of halogens is 1. The van der Waals surface area contributed by atoms with Crippen LogP contribution in [0.3, 0.4) is 0 Å². The molecule has 2 aliphatic heterocycles. The molecule has 20 nitrogen and oxygen atoms in total. The molecule has 6 aromatic carbocycles. The van der Waals surface area contributed by atoms with E-state index < -0.39 is 95.6 Å². The van der Waals surface area contributed by atoms with Crippen molar-refractivity contribution in [1.29, 1.82) is 0 Å². The molecule has 23 heteroatoms. The van der Waals surface area contributed by atoms with Gasteiger partial charge < -0.3 is 24.6 Å². The Hall–Kier alpha value is -7.76. The molecule has 71 heavy (non-hydrogen) atoms. The minimum atomic E-state index is -5.62. The van der Waals surface area contributed by atoms with E-state index >= 15 is 0 Å². The Morgan fingerprint density at radius 3 is 1.75 bits per heavy atom. The molecular formula is C48H41ClN6O14S2. The number of nitrogens with one attached hydrogen (secondary N) is 1. The Labute approximate surface area is 410 Å². The SMILES string of the molecule is CCN(CC)S(=O)(=O)c1ccc(OC)c(N=Nc2c(O)c(C(=O)Nc3cc(Cl)c(OC)cc3OC)cc3cc(CN4C(=O)c5ccccc5C4=O)c(CN4C(=O)c5ccccc5C4=O)c(S(=O)(=O)O)c23)c1. The van der Waals surface area contributed by atoms with Crippen molar-refractivity contribution < 1.29 is 64.7 Å². The normalized spacial score (nSPS) is 13.7. The summed E-state index contributed by atoms with van der Waals surface area (Å²) >= 11 is 6.40. The van der Waals surface area contributed by atoms with Crippen LogP contribution in [0.5, 0.6) is 23.0 Å². The molecule has 0 saturated heterocycles. The van der Waals surface area contributed by atoms with E-state index in [0.717, 1.165) is 17.0 Å². The summed E-state index contributed by atoms with van der Waals surface area (Å²) in [5, 5.41) is 22.4. The Balaban J connectivity index is 1.42. The van der Waals surface area contributed by atoms with Gasteiger partial charge in [-0.1, -0.05) is 49.7 Å². The summed E-state index contributed by atoms with van der Waals surface area (Å²) in [7, 11) is -5.84. The zero-order chi connectivity index (χ0) is 51.3. The number of hydrogen-bond donors (Lipinski definition) is 3. The smallest absolute Gasteiger partial charge is 0.295 e. The minimum Gasteiger partial charge on any atom is -0.505 e. The summed E-state index contributed by atoms with van der Waals surface area (Å²) in [6, 6.07) is 20.3. The van der Waals surface area contributed by atoms with Crippen LogP contribution in [-0.4, -0.2) is 105 Å². The third-order valence-corrected chi connectivity index (χ3v) is 15.2. The number of ether oxygens (including phenoxy) is 3. The number of sulfonamides is 1. The highest BCUT2D eigenvalue weighted by atomic mass is 35.5. The Morgan fingerprint density at radius 1 is 0.704 bits per heavy atom. The fourth-order valence-corrected chi connectivity index (χ4v) is 11.1. The second-order valence-corrected chi connectivity index (χ2v) is 19.5. The Kier molecular flexibility index (Phi) is 13.4. The maximum Gasteiger partial charge on any atom is 0.295 e. The van der Waals surface area contributed by atoms with E-state index in [1.165, 1.54) is 104 Å². The number of benzene rings is 6. The first-order valence-corrected chi connectivity index (χ1v) is 24.6. The summed E-state index contributed by atoms with van der Waals surface area (Å²) in [5.74, 6) is -5.19. The van der Waals surface area contributed by atoms with Crippen molar-refractivity contribution in [2.24, 2.45) is 10.2 Å². The van der Waals surface area contributed by atoms with Gasteiger partial charge in [0.15, 0.2) is 5.75 Å². The zero-order valence-corrected chi connectivity index (χ0v) is 40.6. The highest BCUT2D eigenvalue weighted by Gasteiger charge is 2.40. The lowest BCUT2D eigenvalue weighted by atomic mass is 9.95. The first-order chi connectivity index (χ1) is 33.8. The molecule has 0 atom stereocenters. The van der Waals surface area contributed by atoms with Gasteiger partial charge in [0.05, 0.1) is 77.8 Å². The molecule has 8 rings (SSSR count). The van der Waals surface area contributed by atoms with Crippen LogP contribution in [0.1, 0.15) is 76.8 Å². The van der Waals surface area contributed by atoms with E-state index in [9.17, 15) is 50.5 Å². The van der Waals surface area contributed by atoms with Gasteiger partial charge in [0.1, 0.15) is 33.5 Å². The molecule has 6 aromatic rings. The van der Waals surface area contributed by atoms with Gasteiger partial charge in [-0.3, -0.25) is 38.3 Å². The molecule has 3 N–H and O–H groups in total. The van der Waals surface area contributed by atoms with Crippen LogP contribution in [0, 0.1) is 0 Å². The summed E-state index contributed by atoms with van der Waals surface area (Å²) in [6.45, 7) is 1.90. The van der Waals surface area contributed by atoms with E-state index in [-0.39, 0.29) is 84.8 Å². The van der Waals surface area contributed by atoms with E-state index in [1.54, 1.807) is 13.8 Å². The number of hydrogen-bond acceptors (Lipinski definition) is 15. The average molecular weight is 1030 g/mol. The van der Waals surface area contributed by atoms with Crippen LogP contribution in [-0.2, 0) is 33.2 Å². The predicted molar refractivity (Wildman–Crippen MR) is 257 cm³/mol. The molecular weight excluding hydrogens is 984 g/mol. The summed E-state index contributed by atoms with van der Waals surface area (Å²) < 4.78 is 84.2. The van der Waals surface area contributed by atoms with Crippen molar-refractivity contribution in [3.05, 3.63) is 135 Å². The van der Waals surface area contributed by atoms with Crippen molar-refractivity contribution in [3.63, 3.8) is 0 Å². The Morgan fingerprint density at radius 2 is 1.24 bits per heavy atom. The molecule has 2 aliphatic rings. The number of carbonyl (C=O) groups is 5. The third kappa shape index (κ3) is 8.80. The number of rotatable bonds is 16. The number of amides is 5. The lowest BCUT2D eigenvalue weighted by Gasteiger charge is -2.24. The van der Waals surface area contributed by atoms with E-state index in [0.29, 0.717) is 4.90 Å². The number of phenolic OH excluding ortho intramolecular Hbond substituents is 1. The summed E-state index contributed by atoms with van der Waals surface area (Å²) in [6.07, 6.45) is 0. The molecule has 0 radical (unpaired) electrons. The lowest BCUT2D eigenvalue weighted by molar-refractivity contribution is 0.0616. The van der Waals surface area contributed by atoms with Crippen molar-refractivity contribution in [3.8, 4) is 23.0 Å². The molecule has 0 saturated carbocycles. The number of carbonyl (C=O) groups excluding carboxylic acids is 5. The fraction of sp³-hybridized carbons (Fsp3) is 0.188. The van der Waals surface area contributed by atoms with Gasteiger partial charge in [-0.05, 0) is 77.2 Å². The number of aromatic hydroxyl groups is 1. The average Bonchev–Trinajstić information content (AvgIpc) is 3.73. The number of azo groups is 1. The highest BCUT2D eigenvalue weighted by Crippen LogP contribution is 2.47. The van der Waals surface area contributed by atoms with Gasteiger partial charge in [0.2, 0.25) is 10.0 Å². The third-order valence-electron chi connectivity index (χ3n) is 11.9. The minimum absolute atomic E-state index is 0.0228. The molecule has 0 aromatic heterocycles. The van der Waals surface area contributed by atoms with E-state index in [1.807, 2.05) is 0 Å². The number of anilines is 1. The van der Waals surface area contributed by atoms with Gasteiger partial charge >= 0.3 is 0 Å². The lowest BCUT2D eigenvalue weighted by Crippen LogP contribution is -2.33. The molecule has 5 amide bonds. The topological polar surface area (TPSA) is 268 Å². The largest absolute Gasteiger partial charge is 0.505 e. The van der Waals surface area contributed by atoms with Crippen LogP contribution in [0.4, 0.5) is 17.1 Å². The standard InChI is InChI=1S/C48H41ClN6O14S2/c1-6-53(7-2)70(62,63)27-16-17-37(67-3)36(20-27)51-52-41-40-25(19-32(42(41)56)44(57)50-35-21-34(49)38(68-4)22-39(35)69-5)18-26(23-54-45(58)28-12-8-9-13-29(28)46(54)59)33(43(40)71(64,65)66)24-55-47(60)30-14-10-11-15-31(30)48(55)61/h8-22,56H,6-7,23-24H2,1-5H3,(H,50,57)(H,64,65,66). The highest BCUT2D eigenvalue weighted by molar-refractivity contribution is 7.89. The van der Waals surface area contributed by atoms with Gasteiger partial charge in [-0.25, -0.2) is 8.42 Å². The quantitative estimate of drug-likeness (QED) is 0.0475. The van der Waals surface area contributed by atoms with Crippen LogP contribution >= 0.6 is 11.6 Å². The van der Waals surface area contributed by atoms with Crippen LogP contribution in [0.25, 0.3) is 10.8 Å². The van der Waals surface area contributed by atoms with Crippen LogP contribution < -0.4 is 19.5 Å². The van der Waals surface area contributed by atoms with Crippen molar-refractivity contribution in [2.45, 2.75) is 36.7 Å². The number of nitrogens with zero attached hydrogens (tertiary/aromatic N) is 5. The molecule has 0 fully saturated rings. The Bertz CT molecular complexity index is 3480.